The highest BCUT2D eigenvalue weighted by Gasteiger charge is 2.13. The maximum atomic E-state index is 12.3. The number of H-pyrrole nitrogens is 1. The van der Waals surface area contributed by atoms with Crippen LogP contribution in [0.5, 0.6) is 5.75 Å². The Morgan fingerprint density at radius 2 is 2.21 bits per heavy atom. The van der Waals surface area contributed by atoms with E-state index in [1.807, 2.05) is 19.1 Å². The van der Waals surface area contributed by atoms with Gasteiger partial charge in [0.2, 0.25) is 5.91 Å². The van der Waals surface area contributed by atoms with Crippen LogP contribution < -0.4 is 10.1 Å². The summed E-state index contributed by atoms with van der Waals surface area (Å²) in [5.74, 6) is 0.557. The number of nitrogens with zero attached hydrogens (tertiary/aromatic N) is 1. The number of thiophene rings is 1. The quantitative estimate of drug-likeness (QED) is 0.712. The van der Waals surface area contributed by atoms with Crippen LogP contribution >= 0.6 is 22.9 Å². The van der Waals surface area contributed by atoms with Gasteiger partial charge in [-0.2, -0.15) is 5.10 Å². The normalized spacial score (nSPS) is 10.6. The molecule has 1 amide bonds. The van der Waals surface area contributed by atoms with Gasteiger partial charge in [0.25, 0.3) is 0 Å². The molecule has 0 radical (unpaired) electrons. The van der Waals surface area contributed by atoms with E-state index >= 15 is 0 Å². The first kappa shape index (κ1) is 16.5. The highest BCUT2D eigenvalue weighted by molar-refractivity contribution is 7.16. The van der Waals surface area contributed by atoms with Crippen molar-refractivity contribution in [3.8, 4) is 16.3 Å². The van der Waals surface area contributed by atoms with E-state index < -0.39 is 0 Å². The molecule has 7 heteroatoms. The lowest BCUT2D eigenvalue weighted by Crippen LogP contribution is -2.14. The van der Waals surface area contributed by atoms with E-state index in [2.05, 4.69) is 15.5 Å². The van der Waals surface area contributed by atoms with Crippen LogP contribution in [0.25, 0.3) is 10.6 Å². The summed E-state index contributed by atoms with van der Waals surface area (Å²) in [5.41, 5.74) is 2.50. The molecule has 0 aliphatic heterocycles. The van der Waals surface area contributed by atoms with E-state index in [0.717, 1.165) is 26.7 Å². The topological polar surface area (TPSA) is 67.0 Å². The first-order valence-electron chi connectivity index (χ1n) is 7.29. The van der Waals surface area contributed by atoms with Crippen molar-refractivity contribution in [2.75, 3.05) is 12.4 Å². The number of hydrogen-bond donors (Lipinski definition) is 2. The molecule has 5 nitrogen and oxygen atoms in total. The third kappa shape index (κ3) is 3.60. The van der Waals surface area contributed by atoms with Crippen molar-refractivity contribution in [1.29, 1.82) is 0 Å². The van der Waals surface area contributed by atoms with Crippen LogP contribution in [-0.4, -0.2) is 23.2 Å². The second kappa shape index (κ2) is 7.07. The van der Waals surface area contributed by atoms with Gasteiger partial charge in [-0.1, -0.05) is 17.7 Å². The largest absolute Gasteiger partial charge is 0.497 e. The summed E-state index contributed by atoms with van der Waals surface area (Å²) in [5, 5.41) is 10.3. The number of methoxy groups -OCH3 is 1. The fourth-order valence-electron chi connectivity index (χ4n) is 2.30. The van der Waals surface area contributed by atoms with Gasteiger partial charge in [-0.05, 0) is 36.8 Å². The molecular weight excluding hydrogens is 346 g/mol. The molecule has 1 aromatic carbocycles. The van der Waals surface area contributed by atoms with Crippen molar-refractivity contribution in [3.63, 3.8) is 0 Å². The van der Waals surface area contributed by atoms with Crippen LogP contribution in [0.1, 0.15) is 10.4 Å². The van der Waals surface area contributed by atoms with Crippen molar-refractivity contribution in [2.45, 2.75) is 13.3 Å². The zero-order valence-electron chi connectivity index (χ0n) is 13.2. The van der Waals surface area contributed by atoms with Crippen molar-refractivity contribution < 1.29 is 9.53 Å². The molecular formula is C17H16ClN3O2S. The number of ether oxygens (including phenoxy) is 1. The van der Waals surface area contributed by atoms with Crippen LogP contribution in [0, 0.1) is 6.92 Å². The molecule has 0 aliphatic rings. The number of benzene rings is 1. The highest BCUT2D eigenvalue weighted by atomic mass is 35.5. The molecule has 3 aromatic rings. The predicted molar refractivity (Wildman–Crippen MR) is 97.0 cm³/mol. The van der Waals surface area contributed by atoms with Gasteiger partial charge in [-0.25, -0.2) is 0 Å². The number of anilines is 1. The summed E-state index contributed by atoms with van der Waals surface area (Å²) in [6, 6.07) is 9.14. The number of carbonyl (C=O) groups is 1. The minimum absolute atomic E-state index is 0.112. The van der Waals surface area contributed by atoms with E-state index in [1.54, 1.807) is 42.8 Å². The Morgan fingerprint density at radius 1 is 1.38 bits per heavy atom. The number of carbonyl (C=O) groups excluding carboxylic acids is 1. The third-order valence-corrected chi connectivity index (χ3v) is 5.00. The summed E-state index contributed by atoms with van der Waals surface area (Å²) in [4.78, 5) is 14.4. The molecule has 2 aromatic heterocycles. The average Bonchev–Trinajstić information content (AvgIpc) is 3.20. The number of halogens is 1. The van der Waals surface area contributed by atoms with E-state index in [0.29, 0.717) is 10.8 Å². The maximum absolute atomic E-state index is 12.3. The van der Waals surface area contributed by atoms with Crippen LogP contribution in [0.4, 0.5) is 5.69 Å². The van der Waals surface area contributed by atoms with E-state index in [1.165, 1.54) is 0 Å². The smallest absolute Gasteiger partial charge is 0.228 e. The van der Waals surface area contributed by atoms with Crippen LogP contribution in [0.3, 0.4) is 0 Å². The monoisotopic (exact) mass is 361 g/mol. The van der Waals surface area contributed by atoms with Crippen LogP contribution in [-0.2, 0) is 11.2 Å². The summed E-state index contributed by atoms with van der Waals surface area (Å²) >= 11 is 7.79. The third-order valence-electron chi connectivity index (χ3n) is 3.57. The molecule has 0 atom stereocenters. The molecule has 0 saturated heterocycles. The van der Waals surface area contributed by atoms with Crippen LogP contribution in [0.2, 0.25) is 5.02 Å². The van der Waals surface area contributed by atoms with Gasteiger partial charge < -0.3 is 10.1 Å². The second-order valence-electron chi connectivity index (χ2n) is 5.23. The summed E-state index contributed by atoms with van der Waals surface area (Å²) in [6.45, 7) is 1.97. The number of rotatable bonds is 5. The van der Waals surface area contributed by atoms with Gasteiger partial charge in [-0.15, -0.1) is 11.3 Å². The molecule has 0 saturated carbocycles. The molecule has 2 N–H and O–H groups in total. The molecule has 0 aliphatic carbocycles. The van der Waals surface area contributed by atoms with Gasteiger partial charge in [0.05, 0.1) is 29.8 Å². The number of hydrogen-bond acceptors (Lipinski definition) is 4. The molecule has 124 valence electrons. The standard InChI is InChI=1S/C17H16ClN3O2S/c1-10-15(9-16(24-10)14-5-6-19-21-14)20-17(22)7-11-3-4-12(23-2)8-13(11)18/h3-6,8-9H,7H2,1-2H3,(H,19,21)(H,20,22). The summed E-state index contributed by atoms with van der Waals surface area (Å²) in [6.07, 6.45) is 1.91. The van der Waals surface area contributed by atoms with Crippen molar-refractivity contribution in [2.24, 2.45) is 0 Å². The molecule has 0 unspecified atom stereocenters. The molecule has 24 heavy (non-hydrogen) atoms. The average molecular weight is 362 g/mol. The second-order valence-corrected chi connectivity index (χ2v) is 6.90. The Morgan fingerprint density at radius 3 is 2.88 bits per heavy atom. The zero-order chi connectivity index (χ0) is 17.1. The zero-order valence-corrected chi connectivity index (χ0v) is 14.8. The highest BCUT2D eigenvalue weighted by Crippen LogP contribution is 2.33. The first-order valence-corrected chi connectivity index (χ1v) is 8.48. The van der Waals surface area contributed by atoms with Gasteiger partial charge >= 0.3 is 0 Å². The Bertz CT molecular complexity index is 859. The SMILES string of the molecule is COc1ccc(CC(=O)Nc2cc(-c3ccn[nH]3)sc2C)c(Cl)c1. The number of aromatic nitrogens is 2. The maximum Gasteiger partial charge on any atom is 0.228 e. The predicted octanol–water partition coefficient (Wildman–Crippen LogP) is 4.29. The number of amides is 1. The van der Waals surface area contributed by atoms with Gasteiger partial charge in [0.1, 0.15) is 5.75 Å². The Balaban J connectivity index is 1.71. The Kier molecular flexibility index (Phi) is 4.87. The minimum Gasteiger partial charge on any atom is -0.497 e. The fourth-order valence-corrected chi connectivity index (χ4v) is 3.49. The van der Waals surface area contributed by atoms with Gasteiger partial charge in [0.15, 0.2) is 0 Å². The number of nitrogens with one attached hydrogen (secondary N) is 2. The molecule has 0 fully saturated rings. The number of aromatic amines is 1. The van der Waals surface area contributed by atoms with Gasteiger partial charge in [0, 0.05) is 16.1 Å². The fraction of sp³-hybridized carbons (Fsp3) is 0.176. The van der Waals surface area contributed by atoms with Crippen molar-refractivity contribution in [3.05, 3.63) is 52.0 Å². The molecule has 3 rings (SSSR count). The van der Waals surface area contributed by atoms with E-state index in [-0.39, 0.29) is 12.3 Å². The van der Waals surface area contributed by atoms with Crippen molar-refractivity contribution >= 4 is 34.5 Å². The molecule has 0 spiro atoms. The van der Waals surface area contributed by atoms with E-state index in [9.17, 15) is 4.79 Å². The first-order chi connectivity index (χ1) is 11.6. The Hall–Kier alpha value is -2.31. The number of aryl methyl sites for hydroxylation is 1. The minimum atomic E-state index is -0.112. The summed E-state index contributed by atoms with van der Waals surface area (Å²) < 4.78 is 5.11. The van der Waals surface area contributed by atoms with Crippen LogP contribution in [0.15, 0.2) is 36.5 Å². The molecule has 0 bridgehead atoms. The van der Waals surface area contributed by atoms with Gasteiger partial charge in [-0.3, -0.25) is 9.89 Å². The summed E-state index contributed by atoms with van der Waals surface area (Å²) in [7, 11) is 1.58. The Labute approximate surface area is 148 Å². The van der Waals surface area contributed by atoms with E-state index in [4.69, 9.17) is 16.3 Å². The molecule has 2 heterocycles. The lowest BCUT2D eigenvalue weighted by molar-refractivity contribution is -0.115. The van der Waals surface area contributed by atoms with Crippen molar-refractivity contribution in [1.82, 2.24) is 10.2 Å². The lowest BCUT2D eigenvalue weighted by atomic mass is 10.1. The lowest BCUT2D eigenvalue weighted by Gasteiger charge is -2.07.